The molecule has 3 aliphatic heterocycles. The number of nitrogens with one attached hydrogen (secondary N) is 2. The van der Waals surface area contributed by atoms with Gasteiger partial charge in [0.15, 0.2) is 0 Å². The first-order valence-electron chi connectivity index (χ1n) is 12.7. The number of anilines is 1. The van der Waals surface area contributed by atoms with Gasteiger partial charge in [0.25, 0.3) is 0 Å². The molecule has 3 N–H and O–H groups in total. The third-order valence-corrected chi connectivity index (χ3v) is 8.14. The van der Waals surface area contributed by atoms with E-state index in [0.717, 1.165) is 50.3 Å². The van der Waals surface area contributed by atoms with Gasteiger partial charge in [-0.25, -0.2) is 0 Å². The quantitative estimate of drug-likeness (QED) is 0.436. The zero-order valence-corrected chi connectivity index (χ0v) is 21.1. The molecule has 3 aliphatic rings. The number of ether oxygens (including phenoxy) is 1. The fourth-order valence-corrected chi connectivity index (χ4v) is 6.65. The number of piperidine rings is 1. The van der Waals surface area contributed by atoms with Crippen LogP contribution in [0.4, 0.5) is 5.69 Å². The highest BCUT2D eigenvalue weighted by Crippen LogP contribution is 2.54. The van der Waals surface area contributed by atoms with Crippen LogP contribution in [-0.4, -0.2) is 75.8 Å². The smallest absolute Gasteiger partial charge is 0.119 e. The van der Waals surface area contributed by atoms with Crippen molar-refractivity contribution in [2.75, 3.05) is 44.3 Å². The normalized spacial score (nSPS) is 24.9. The molecule has 35 heavy (non-hydrogen) atoms. The summed E-state index contributed by atoms with van der Waals surface area (Å²) >= 11 is 0. The number of benzene rings is 1. The van der Waals surface area contributed by atoms with Gasteiger partial charge in [-0.15, -0.1) is 0 Å². The van der Waals surface area contributed by atoms with E-state index in [2.05, 4.69) is 68.3 Å². The fraction of sp³-hybridized carbons (Fsp3) is 0.556. The number of aliphatic hydroxyl groups excluding tert-OH is 1. The number of hydrogen-bond acceptors (Lipinski definition) is 6. The fourth-order valence-electron chi connectivity index (χ4n) is 6.65. The van der Waals surface area contributed by atoms with E-state index in [-0.39, 0.29) is 23.4 Å². The van der Waals surface area contributed by atoms with Crippen molar-refractivity contribution in [1.82, 2.24) is 25.3 Å². The van der Waals surface area contributed by atoms with Crippen LogP contribution in [0.1, 0.15) is 44.2 Å². The maximum absolute atomic E-state index is 10.7. The summed E-state index contributed by atoms with van der Waals surface area (Å²) in [5.74, 6) is 0.903. The minimum Gasteiger partial charge on any atom is -0.494 e. The van der Waals surface area contributed by atoms with Gasteiger partial charge in [0.1, 0.15) is 5.75 Å². The molecule has 3 atom stereocenters. The minimum absolute atomic E-state index is 0.00111. The summed E-state index contributed by atoms with van der Waals surface area (Å²) in [5, 5.41) is 25.0. The minimum atomic E-state index is -0.121. The second-order valence-electron chi connectivity index (χ2n) is 11.0. The Bertz CT molecular complexity index is 1070. The molecule has 3 fully saturated rings. The third-order valence-electron chi connectivity index (χ3n) is 8.14. The largest absolute Gasteiger partial charge is 0.494 e. The van der Waals surface area contributed by atoms with Gasteiger partial charge in [-0.3, -0.25) is 10.2 Å². The summed E-state index contributed by atoms with van der Waals surface area (Å²) in [6.45, 7) is 11.4. The van der Waals surface area contributed by atoms with Crippen molar-refractivity contribution in [2.45, 2.75) is 45.6 Å². The Hall–Kier alpha value is -2.84. The highest BCUT2D eigenvalue weighted by atomic mass is 16.5. The van der Waals surface area contributed by atoms with Crippen molar-refractivity contribution in [3.05, 3.63) is 60.2 Å². The van der Waals surface area contributed by atoms with Crippen LogP contribution in [0, 0.1) is 10.8 Å². The number of nitrogens with zero attached hydrogens (tertiary/aromatic N) is 4. The molecular weight excluding hydrogens is 440 g/mol. The summed E-state index contributed by atoms with van der Waals surface area (Å²) in [6.07, 6.45) is 9.75. The maximum atomic E-state index is 10.7. The highest BCUT2D eigenvalue weighted by Gasteiger charge is 2.56. The molecule has 3 aromatic rings. The number of H-pyrrole nitrogens is 2. The monoisotopic (exact) mass is 478 g/mol. The average Bonchev–Trinajstić information content (AvgIpc) is 3.50. The number of aromatic amines is 2. The molecule has 5 heterocycles. The molecule has 0 spiro atoms. The van der Waals surface area contributed by atoms with E-state index in [1.54, 1.807) is 0 Å². The molecular formula is C27H38N6O2. The number of aliphatic hydroxyl groups is 1. The summed E-state index contributed by atoms with van der Waals surface area (Å²) in [7, 11) is 0. The van der Waals surface area contributed by atoms with Crippen LogP contribution in [0.15, 0.2) is 49.1 Å². The van der Waals surface area contributed by atoms with Crippen molar-refractivity contribution in [3.63, 3.8) is 0 Å². The first-order valence-corrected chi connectivity index (χ1v) is 12.7. The second-order valence-corrected chi connectivity index (χ2v) is 11.0. The Morgan fingerprint density at radius 3 is 2.54 bits per heavy atom. The molecule has 0 aliphatic carbocycles. The van der Waals surface area contributed by atoms with Crippen molar-refractivity contribution >= 4 is 5.69 Å². The first kappa shape index (κ1) is 23.9. The molecule has 8 nitrogen and oxygen atoms in total. The summed E-state index contributed by atoms with van der Waals surface area (Å²) < 4.78 is 5.71. The van der Waals surface area contributed by atoms with Crippen molar-refractivity contribution < 1.29 is 9.84 Å². The maximum Gasteiger partial charge on any atom is 0.119 e. The van der Waals surface area contributed by atoms with Crippen LogP contribution in [0.25, 0.3) is 0 Å². The topological polar surface area (TPSA) is 93.3 Å². The van der Waals surface area contributed by atoms with Gasteiger partial charge in [-0.05, 0) is 60.6 Å². The van der Waals surface area contributed by atoms with E-state index < -0.39 is 0 Å². The van der Waals surface area contributed by atoms with Gasteiger partial charge >= 0.3 is 0 Å². The Labute approximate surface area is 207 Å². The van der Waals surface area contributed by atoms with Gasteiger partial charge in [-0.1, -0.05) is 13.8 Å². The number of aromatic nitrogens is 4. The Balaban J connectivity index is 1.52. The van der Waals surface area contributed by atoms with Crippen LogP contribution in [0.5, 0.6) is 5.75 Å². The molecule has 1 aromatic carbocycles. The Morgan fingerprint density at radius 2 is 1.89 bits per heavy atom. The SMILES string of the molecule is CCOc1ccc(N2C[C@]3(C(CO)c4cn[nH]c4)CN(CCc4cn[nH]c4)C[C@@H]2C(C)(C)C3)cc1. The van der Waals surface area contributed by atoms with E-state index in [4.69, 9.17) is 4.74 Å². The van der Waals surface area contributed by atoms with E-state index >= 15 is 0 Å². The van der Waals surface area contributed by atoms with Gasteiger partial charge < -0.3 is 19.6 Å². The van der Waals surface area contributed by atoms with Gasteiger partial charge in [0, 0.05) is 61.6 Å². The number of fused-ring (bicyclic) bond motifs is 4. The van der Waals surface area contributed by atoms with Crippen LogP contribution in [0.2, 0.25) is 0 Å². The average molecular weight is 479 g/mol. The Morgan fingerprint density at radius 1 is 1.11 bits per heavy atom. The predicted octanol–water partition coefficient (Wildman–Crippen LogP) is 3.46. The van der Waals surface area contributed by atoms with Gasteiger partial charge in [0.05, 0.1) is 25.6 Å². The van der Waals surface area contributed by atoms with Crippen LogP contribution < -0.4 is 9.64 Å². The molecule has 1 unspecified atom stereocenters. The van der Waals surface area contributed by atoms with Crippen molar-refractivity contribution in [3.8, 4) is 5.75 Å². The molecule has 0 amide bonds. The lowest BCUT2D eigenvalue weighted by Crippen LogP contribution is -2.59. The predicted molar refractivity (Wildman–Crippen MR) is 137 cm³/mol. The number of hydrogen-bond donors (Lipinski definition) is 3. The summed E-state index contributed by atoms with van der Waals surface area (Å²) in [6, 6.07) is 8.90. The summed E-state index contributed by atoms with van der Waals surface area (Å²) in [5.41, 5.74) is 3.48. The molecule has 3 saturated heterocycles. The molecule has 188 valence electrons. The van der Waals surface area contributed by atoms with Crippen LogP contribution >= 0.6 is 0 Å². The lowest BCUT2D eigenvalue weighted by molar-refractivity contribution is 0.0542. The second kappa shape index (κ2) is 9.66. The van der Waals surface area contributed by atoms with Crippen LogP contribution in [-0.2, 0) is 6.42 Å². The van der Waals surface area contributed by atoms with Gasteiger partial charge in [0.2, 0.25) is 0 Å². The standard InChI is InChI=1S/C27H38N6O2/c1-4-35-23-7-5-22(6-8-23)33-19-27(24(16-34)21-13-30-31-14-21)17-26(2,3)25(33)15-32(18-27)10-9-20-11-28-29-12-20/h5-8,11-14,24-25,34H,4,9-10,15-19H2,1-3H3,(H,28,29)(H,30,31)/t24?,25-,27-/m1/s1. The van der Waals surface area contributed by atoms with E-state index in [1.165, 1.54) is 11.3 Å². The number of rotatable bonds is 9. The van der Waals surface area contributed by atoms with E-state index in [1.807, 2.05) is 31.7 Å². The molecule has 2 bridgehead atoms. The van der Waals surface area contributed by atoms with E-state index in [9.17, 15) is 5.11 Å². The molecule has 8 heteroatoms. The third kappa shape index (κ3) is 4.69. The summed E-state index contributed by atoms with van der Waals surface area (Å²) in [4.78, 5) is 5.21. The van der Waals surface area contributed by atoms with Crippen molar-refractivity contribution in [2.24, 2.45) is 10.8 Å². The van der Waals surface area contributed by atoms with E-state index in [0.29, 0.717) is 12.6 Å². The molecule has 0 radical (unpaired) electrons. The Kier molecular flexibility index (Phi) is 6.59. The van der Waals surface area contributed by atoms with Crippen LogP contribution in [0.3, 0.4) is 0 Å². The first-order chi connectivity index (χ1) is 16.9. The van der Waals surface area contributed by atoms with Gasteiger partial charge in [-0.2, -0.15) is 10.2 Å². The molecule has 0 saturated carbocycles. The lowest BCUT2D eigenvalue weighted by atomic mass is 9.60. The van der Waals surface area contributed by atoms with Crippen molar-refractivity contribution in [1.29, 1.82) is 0 Å². The lowest BCUT2D eigenvalue weighted by Gasteiger charge is -2.55. The molecule has 2 aromatic heterocycles. The molecule has 6 rings (SSSR count). The zero-order valence-electron chi connectivity index (χ0n) is 21.1. The highest BCUT2D eigenvalue weighted by molar-refractivity contribution is 5.52. The zero-order chi connectivity index (χ0) is 24.5.